The molecule has 2 aromatic carbocycles. The SMILES string of the molecule is CCC(=O)Nc1cccc(-c2noc(C3CCCN(C(=O)CCc4ccccc4)C3)n2)c1. The van der Waals surface area contributed by atoms with Crippen LogP contribution in [0, 0.1) is 0 Å². The second-order valence-electron chi connectivity index (χ2n) is 8.10. The van der Waals surface area contributed by atoms with E-state index in [2.05, 4.69) is 27.6 Å². The Balaban J connectivity index is 1.39. The van der Waals surface area contributed by atoms with Crippen molar-refractivity contribution in [1.29, 1.82) is 0 Å². The lowest BCUT2D eigenvalue weighted by atomic mass is 9.97. The zero-order valence-corrected chi connectivity index (χ0v) is 18.3. The van der Waals surface area contributed by atoms with Gasteiger partial charge in [-0.05, 0) is 37.0 Å². The van der Waals surface area contributed by atoms with Crippen LogP contribution >= 0.6 is 0 Å². The number of hydrogen-bond donors (Lipinski definition) is 1. The predicted octanol–water partition coefficient (Wildman–Crippen LogP) is 4.42. The molecule has 0 aliphatic carbocycles. The highest BCUT2D eigenvalue weighted by molar-refractivity contribution is 5.91. The van der Waals surface area contributed by atoms with Gasteiger partial charge in [-0.3, -0.25) is 9.59 Å². The summed E-state index contributed by atoms with van der Waals surface area (Å²) in [5.74, 6) is 1.20. The number of nitrogens with zero attached hydrogens (tertiary/aromatic N) is 3. The Labute approximate surface area is 187 Å². The molecule has 3 aromatic rings. The minimum Gasteiger partial charge on any atom is -0.342 e. The molecule has 1 unspecified atom stereocenters. The number of carbonyl (C=O) groups excluding carboxylic acids is 2. The van der Waals surface area contributed by atoms with Crippen LogP contribution in [0.5, 0.6) is 0 Å². The lowest BCUT2D eigenvalue weighted by Gasteiger charge is -2.31. The molecule has 32 heavy (non-hydrogen) atoms. The topological polar surface area (TPSA) is 88.3 Å². The molecular formula is C25H28N4O3. The fraction of sp³-hybridized carbons (Fsp3) is 0.360. The molecule has 7 heteroatoms. The maximum absolute atomic E-state index is 12.8. The van der Waals surface area contributed by atoms with Crippen molar-refractivity contribution in [3.63, 3.8) is 0 Å². The molecule has 1 aliphatic heterocycles. The molecule has 1 fully saturated rings. The molecule has 0 saturated carbocycles. The third-order valence-corrected chi connectivity index (χ3v) is 5.76. The molecular weight excluding hydrogens is 404 g/mol. The van der Waals surface area contributed by atoms with Crippen LogP contribution in [-0.2, 0) is 16.0 Å². The number of piperidine rings is 1. The summed E-state index contributed by atoms with van der Waals surface area (Å²) in [5, 5.41) is 6.99. The van der Waals surface area contributed by atoms with Crippen LogP contribution in [0.3, 0.4) is 0 Å². The van der Waals surface area contributed by atoms with E-state index in [0.29, 0.717) is 36.8 Å². The minimum absolute atomic E-state index is 0.0358. The second kappa shape index (κ2) is 10.2. The van der Waals surface area contributed by atoms with Crippen molar-refractivity contribution < 1.29 is 14.1 Å². The van der Waals surface area contributed by atoms with Gasteiger partial charge in [0.25, 0.3) is 0 Å². The van der Waals surface area contributed by atoms with Crippen LogP contribution in [0.4, 0.5) is 5.69 Å². The van der Waals surface area contributed by atoms with Gasteiger partial charge in [-0.15, -0.1) is 0 Å². The molecule has 166 valence electrons. The largest absolute Gasteiger partial charge is 0.342 e. The summed E-state index contributed by atoms with van der Waals surface area (Å²) in [7, 11) is 0. The molecule has 4 rings (SSSR count). The fourth-order valence-electron chi connectivity index (χ4n) is 3.96. The number of amides is 2. The average Bonchev–Trinajstić information content (AvgIpc) is 3.34. The molecule has 1 aliphatic rings. The number of aromatic nitrogens is 2. The molecule has 0 spiro atoms. The molecule has 1 atom stereocenters. The first-order valence-corrected chi connectivity index (χ1v) is 11.2. The smallest absolute Gasteiger partial charge is 0.231 e. The first-order valence-electron chi connectivity index (χ1n) is 11.2. The van der Waals surface area contributed by atoms with Crippen molar-refractivity contribution in [2.24, 2.45) is 0 Å². The number of aryl methyl sites for hydroxylation is 1. The molecule has 1 aromatic heterocycles. The van der Waals surface area contributed by atoms with Crippen molar-refractivity contribution in [1.82, 2.24) is 15.0 Å². The fourth-order valence-corrected chi connectivity index (χ4v) is 3.96. The first-order chi connectivity index (χ1) is 15.6. The standard InChI is InChI=1S/C25H28N4O3/c1-2-22(30)26-21-12-6-10-19(16-21)24-27-25(32-28-24)20-11-7-15-29(17-20)23(31)14-13-18-8-4-3-5-9-18/h3-6,8-10,12,16,20H,2,7,11,13-15,17H2,1H3,(H,26,30). The number of rotatable bonds is 7. The monoisotopic (exact) mass is 432 g/mol. The van der Waals surface area contributed by atoms with E-state index in [9.17, 15) is 9.59 Å². The van der Waals surface area contributed by atoms with E-state index in [1.807, 2.05) is 54.3 Å². The molecule has 2 amide bonds. The Morgan fingerprint density at radius 1 is 1.16 bits per heavy atom. The maximum Gasteiger partial charge on any atom is 0.231 e. The summed E-state index contributed by atoms with van der Waals surface area (Å²) >= 11 is 0. The van der Waals surface area contributed by atoms with Gasteiger partial charge in [0.2, 0.25) is 23.5 Å². The van der Waals surface area contributed by atoms with E-state index in [-0.39, 0.29) is 17.7 Å². The number of anilines is 1. The summed E-state index contributed by atoms with van der Waals surface area (Å²) in [4.78, 5) is 30.9. The molecule has 1 N–H and O–H groups in total. The zero-order chi connectivity index (χ0) is 22.3. The highest BCUT2D eigenvalue weighted by atomic mass is 16.5. The average molecular weight is 433 g/mol. The van der Waals surface area contributed by atoms with Crippen LogP contribution in [0.25, 0.3) is 11.4 Å². The van der Waals surface area contributed by atoms with Crippen LogP contribution in [0.15, 0.2) is 59.1 Å². The Bertz CT molecular complexity index is 1060. The van der Waals surface area contributed by atoms with E-state index in [0.717, 1.165) is 31.4 Å². The zero-order valence-electron chi connectivity index (χ0n) is 18.3. The van der Waals surface area contributed by atoms with Gasteiger partial charge in [-0.25, -0.2) is 0 Å². The number of likely N-dealkylation sites (tertiary alicyclic amines) is 1. The minimum atomic E-state index is -0.0461. The van der Waals surface area contributed by atoms with Gasteiger partial charge in [0.15, 0.2) is 0 Å². The third-order valence-electron chi connectivity index (χ3n) is 5.76. The van der Waals surface area contributed by atoms with Gasteiger partial charge >= 0.3 is 0 Å². The highest BCUT2D eigenvalue weighted by Crippen LogP contribution is 2.28. The van der Waals surface area contributed by atoms with Crippen LogP contribution < -0.4 is 5.32 Å². The lowest BCUT2D eigenvalue weighted by Crippen LogP contribution is -2.39. The number of hydrogen-bond acceptors (Lipinski definition) is 5. The molecule has 1 saturated heterocycles. The van der Waals surface area contributed by atoms with Gasteiger partial charge in [0, 0.05) is 37.2 Å². The Morgan fingerprint density at radius 2 is 2.00 bits per heavy atom. The van der Waals surface area contributed by atoms with Crippen LogP contribution in [0.1, 0.15) is 50.0 Å². The number of benzene rings is 2. The van der Waals surface area contributed by atoms with Gasteiger partial charge in [-0.1, -0.05) is 54.5 Å². The quantitative estimate of drug-likeness (QED) is 0.597. The summed E-state index contributed by atoms with van der Waals surface area (Å²) < 4.78 is 5.57. The number of carbonyl (C=O) groups is 2. The lowest BCUT2D eigenvalue weighted by molar-refractivity contribution is -0.132. The third kappa shape index (κ3) is 5.41. The van der Waals surface area contributed by atoms with E-state index in [1.165, 1.54) is 5.56 Å². The van der Waals surface area contributed by atoms with E-state index in [1.54, 1.807) is 0 Å². The Morgan fingerprint density at radius 3 is 2.81 bits per heavy atom. The van der Waals surface area contributed by atoms with Crippen molar-refractivity contribution in [3.05, 3.63) is 66.1 Å². The van der Waals surface area contributed by atoms with E-state index >= 15 is 0 Å². The van der Waals surface area contributed by atoms with E-state index in [4.69, 9.17) is 4.52 Å². The summed E-state index contributed by atoms with van der Waals surface area (Å²) in [6.45, 7) is 3.18. The summed E-state index contributed by atoms with van der Waals surface area (Å²) in [5.41, 5.74) is 2.65. The molecule has 2 heterocycles. The molecule has 7 nitrogen and oxygen atoms in total. The van der Waals surface area contributed by atoms with Crippen molar-refractivity contribution in [2.45, 2.75) is 44.9 Å². The highest BCUT2D eigenvalue weighted by Gasteiger charge is 2.28. The summed E-state index contributed by atoms with van der Waals surface area (Å²) in [6, 6.07) is 17.5. The first kappa shape index (κ1) is 21.7. The van der Waals surface area contributed by atoms with Crippen molar-refractivity contribution in [2.75, 3.05) is 18.4 Å². The predicted molar refractivity (Wildman–Crippen MR) is 122 cm³/mol. The van der Waals surface area contributed by atoms with Gasteiger partial charge in [0.1, 0.15) is 0 Å². The Kier molecular flexibility index (Phi) is 6.94. The normalized spacial score (nSPS) is 16.0. The molecule has 0 radical (unpaired) electrons. The van der Waals surface area contributed by atoms with Gasteiger partial charge in [0.05, 0.1) is 5.92 Å². The van der Waals surface area contributed by atoms with Crippen molar-refractivity contribution >= 4 is 17.5 Å². The van der Waals surface area contributed by atoms with Crippen LogP contribution in [-0.4, -0.2) is 39.9 Å². The Hall–Kier alpha value is -3.48. The van der Waals surface area contributed by atoms with Gasteiger partial charge in [-0.2, -0.15) is 4.98 Å². The molecule has 0 bridgehead atoms. The van der Waals surface area contributed by atoms with Crippen molar-refractivity contribution in [3.8, 4) is 11.4 Å². The van der Waals surface area contributed by atoms with Gasteiger partial charge < -0.3 is 14.7 Å². The summed E-state index contributed by atoms with van der Waals surface area (Å²) in [6.07, 6.45) is 3.49. The second-order valence-corrected chi connectivity index (χ2v) is 8.10. The van der Waals surface area contributed by atoms with E-state index < -0.39 is 0 Å². The number of nitrogens with one attached hydrogen (secondary N) is 1. The maximum atomic E-state index is 12.8. The van der Waals surface area contributed by atoms with Crippen LogP contribution in [0.2, 0.25) is 0 Å².